The summed E-state index contributed by atoms with van der Waals surface area (Å²) in [6.45, 7) is 2.20. The molecule has 0 radical (unpaired) electrons. The number of methoxy groups -OCH3 is 1. The zero-order chi connectivity index (χ0) is 13.4. The van der Waals surface area contributed by atoms with Crippen LogP contribution in [-0.2, 0) is 14.3 Å². The lowest BCUT2D eigenvalue weighted by Gasteiger charge is -2.20. The van der Waals surface area contributed by atoms with Crippen molar-refractivity contribution in [3.8, 4) is 0 Å². The fourth-order valence-electron chi connectivity index (χ4n) is 1.95. The molecule has 0 bridgehead atoms. The van der Waals surface area contributed by atoms with Crippen LogP contribution >= 0.6 is 0 Å². The summed E-state index contributed by atoms with van der Waals surface area (Å²) in [4.78, 5) is 25.0. The molecule has 0 unspecified atom stereocenters. The summed E-state index contributed by atoms with van der Waals surface area (Å²) in [5.41, 5.74) is 0. The predicted molar refractivity (Wildman–Crippen MR) is 68.2 cm³/mol. The third-order valence-electron chi connectivity index (χ3n) is 2.96. The summed E-state index contributed by atoms with van der Waals surface area (Å²) in [5.74, 6) is -0.125. The van der Waals surface area contributed by atoms with E-state index in [2.05, 4.69) is 10.6 Å². The van der Waals surface area contributed by atoms with E-state index in [-0.39, 0.29) is 24.4 Å². The quantitative estimate of drug-likeness (QED) is 0.595. The zero-order valence-electron chi connectivity index (χ0n) is 11.2. The van der Waals surface area contributed by atoms with Gasteiger partial charge in [0.15, 0.2) is 0 Å². The van der Waals surface area contributed by atoms with Crippen molar-refractivity contribution < 1.29 is 14.3 Å². The topological polar surface area (TPSA) is 70.7 Å². The molecule has 0 aromatic heterocycles. The van der Waals surface area contributed by atoms with Gasteiger partial charge in [-0.1, -0.05) is 0 Å². The summed E-state index contributed by atoms with van der Waals surface area (Å²) >= 11 is 0. The first-order valence-corrected chi connectivity index (χ1v) is 6.39. The number of carbonyl (C=O) groups is 2. The fourth-order valence-corrected chi connectivity index (χ4v) is 1.95. The molecular weight excluding hydrogens is 234 g/mol. The van der Waals surface area contributed by atoms with Crippen molar-refractivity contribution in [3.63, 3.8) is 0 Å². The van der Waals surface area contributed by atoms with E-state index in [1.54, 1.807) is 14.2 Å². The second kappa shape index (κ2) is 8.05. The Labute approximate surface area is 108 Å². The average molecular weight is 257 g/mol. The van der Waals surface area contributed by atoms with Gasteiger partial charge in [-0.2, -0.15) is 0 Å². The van der Waals surface area contributed by atoms with Crippen LogP contribution in [0.3, 0.4) is 0 Å². The van der Waals surface area contributed by atoms with E-state index >= 15 is 0 Å². The minimum Gasteiger partial charge on any atom is -0.385 e. The van der Waals surface area contributed by atoms with E-state index in [0.717, 1.165) is 25.8 Å². The molecule has 1 atom stereocenters. The Morgan fingerprint density at radius 3 is 2.89 bits per heavy atom. The van der Waals surface area contributed by atoms with Gasteiger partial charge in [-0.15, -0.1) is 0 Å². The Kier molecular flexibility index (Phi) is 6.67. The predicted octanol–water partition coefficient (Wildman–Crippen LogP) is -0.650. The molecule has 1 aliphatic rings. The van der Waals surface area contributed by atoms with Gasteiger partial charge in [-0.05, 0) is 25.8 Å². The van der Waals surface area contributed by atoms with Gasteiger partial charge in [0.05, 0.1) is 12.6 Å². The normalized spacial score (nSPS) is 18.7. The van der Waals surface area contributed by atoms with Crippen molar-refractivity contribution in [1.29, 1.82) is 0 Å². The molecule has 18 heavy (non-hydrogen) atoms. The minimum absolute atomic E-state index is 0.000425. The van der Waals surface area contributed by atoms with Gasteiger partial charge in [0, 0.05) is 27.3 Å². The van der Waals surface area contributed by atoms with E-state index in [0.29, 0.717) is 13.2 Å². The molecular formula is C12H23N3O3. The van der Waals surface area contributed by atoms with Crippen molar-refractivity contribution in [1.82, 2.24) is 15.5 Å². The summed E-state index contributed by atoms with van der Waals surface area (Å²) in [5, 5.41) is 5.89. The number of ether oxygens (including phenoxy) is 1. The fraction of sp³-hybridized carbons (Fsp3) is 0.833. The number of amides is 2. The van der Waals surface area contributed by atoms with Crippen molar-refractivity contribution in [2.75, 3.05) is 40.4 Å². The molecule has 2 N–H and O–H groups in total. The van der Waals surface area contributed by atoms with Gasteiger partial charge in [-0.3, -0.25) is 9.59 Å². The maximum atomic E-state index is 11.9. The van der Waals surface area contributed by atoms with Gasteiger partial charge in [-0.25, -0.2) is 0 Å². The van der Waals surface area contributed by atoms with Crippen molar-refractivity contribution in [2.24, 2.45) is 0 Å². The number of nitrogens with zero attached hydrogens (tertiary/aromatic N) is 1. The van der Waals surface area contributed by atoms with E-state index in [1.165, 1.54) is 4.90 Å². The highest BCUT2D eigenvalue weighted by Crippen LogP contribution is 2.07. The summed E-state index contributed by atoms with van der Waals surface area (Å²) < 4.78 is 4.89. The zero-order valence-corrected chi connectivity index (χ0v) is 11.2. The van der Waals surface area contributed by atoms with Crippen LogP contribution in [0.4, 0.5) is 0 Å². The summed E-state index contributed by atoms with van der Waals surface area (Å²) in [6, 6.07) is -0.115. The minimum atomic E-state index is -0.125. The number of likely N-dealkylation sites (N-methyl/N-ethyl adjacent to an activating group) is 1. The maximum absolute atomic E-state index is 11.9. The molecule has 0 aliphatic carbocycles. The van der Waals surface area contributed by atoms with Gasteiger partial charge in [0.1, 0.15) is 0 Å². The van der Waals surface area contributed by atoms with Crippen LogP contribution in [0.2, 0.25) is 0 Å². The first-order valence-electron chi connectivity index (χ1n) is 6.39. The number of nitrogens with one attached hydrogen (secondary N) is 2. The monoisotopic (exact) mass is 257 g/mol. The Hall–Kier alpha value is -1.14. The van der Waals surface area contributed by atoms with Gasteiger partial charge >= 0.3 is 0 Å². The molecule has 1 saturated heterocycles. The van der Waals surface area contributed by atoms with Crippen LogP contribution in [0.15, 0.2) is 0 Å². The first kappa shape index (κ1) is 14.9. The Morgan fingerprint density at radius 1 is 1.50 bits per heavy atom. The highest BCUT2D eigenvalue weighted by molar-refractivity contribution is 5.87. The molecule has 0 aromatic carbocycles. The number of hydrogen-bond donors (Lipinski definition) is 2. The second-order valence-corrected chi connectivity index (χ2v) is 4.54. The smallest absolute Gasteiger partial charge is 0.239 e. The van der Waals surface area contributed by atoms with Crippen molar-refractivity contribution in [3.05, 3.63) is 0 Å². The molecule has 1 fully saturated rings. The molecule has 1 heterocycles. The van der Waals surface area contributed by atoms with E-state index in [4.69, 9.17) is 4.74 Å². The number of carbonyl (C=O) groups excluding carboxylic acids is 2. The van der Waals surface area contributed by atoms with Crippen molar-refractivity contribution >= 4 is 11.8 Å². The molecule has 0 aromatic rings. The third kappa shape index (κ3) is 5.01. The van der Waals surface area contributed by atoms with Gasteiger partial charge < -0.3 is 20.3 Å². The lowest BCUT2D eigenvalue weighted by Crippen LogP contribution is -2.45. The van der Waals surface area contributed by atoms with Crippen LogP contribution in [0.5, 0.6) is 0 Å². The van der Waals surface area contributed by atoms with Gasteiger partial charge in [0.2, 0.25) is 11.8 Å². The van der Waals surface area contributed by atoms with E-state index in [1.807, 2.05) is 0 Å². The summed E-state index contributed by atoms with van der Waals surface area (Å²) in [7, 11) is 3.29. The molecule has 0 saturated carbocycles. The number of hydrogen-bond acceptors (Lipinski definition) is 4. The van der Waals surface area contributed by atoms with Crippen LogP contribution in [0.25, 0.3) is 0 Å². The standard InChI is InChI=1S/C12H23N3O3/c1-15(12(17)10-5-3-6-13-10)9-11(16)14-7-4-8-18-2/h10,13H,3-9H2,1-2H3,(H,14,16)/t10-/m1/s1. The summed E-state index contributed by atoms with van der Waals surface area (Å²) in [6.07, 6.45) is 2.66. The molecule has 1 aliphatic heterocycles. The van der Waals surface area contributed by atoms with Crippen LogP contribution in [0.1, 0.15) is 19.3 Å². The third-order valence-corrected chi connectivity index (χ3v) is 2.96. The Bertz CT molecular complexity index is 278. The van der Waals surface area contributed by atoms with Crippen LogP contribution < -0.4 is 10.6 Å². The first-order chi connectivity index (χ1) is 8.65. The largest absolute Gasteiger partial charge is 0.385 e. The molecule has 0 spiro atoms. The Balaban J connectivity index is 2.19. The lowest BCUT2D eigenvalue weighted by atomic mass is 10.2. The Morgan fingerprint density at radius 2 is 2.28 bits per heavy atom. The highest BCUT2D eigenvalue weighted by Gasteiger charge is 2.25. The van der Waals surface area contributed by atoms with Crippen LogP contribution in [-0.4, -0.2) is 63.2 Å². The SMILES string of the molecule is COCCCNC(=O)CN(C)C(=O)[C@H]1CCCN1. The molecule has 6 heteroatoms. The molecule has 1 rings (SSSR count). The number of rotatable bonds is 7. The van der Waals surface area contributed by atoms with Gasteiger partial charge in [0.25, 0.3) is 0 Å². The second-order valence-electron chi connectivity index (χ2n) is 4.54. The molecule has 6 nitrogen and oxygen atoms in total. The van der Waals surface area contributed by atoms with Crippen LogP contribution in [0, 0.1) is 0 Å². The lowest BCUT2D eigenvalue weighted by molar-refractivity contribution is -0.136. The maximum Gasteiger partial charge on any atom is 0.239 e. The van der Waals surface area contributed by atoms with E-state index in [9.17, 15) is 9.59 Å². The highest BCUT2D eigenvalue weighted by atomic mass is 16.5. The van der Waals surface area contributed by atoms with Crippen molar-refractivity contribution in [2.45, 2.75) is 25.3 Å². The average Bonchev–Trinajstić information content (AvgIpc) is 2.87. The molecule has 2 amide bonds. The molecule has 104 valence electrons. The van der Waals surface area contributed by atoms with E-state index < -0.39 is 0 Å².